The summed E-state index contributed by atoms with van der Waals surface area (Å²) in [4.78, 5) is 0. The van der Waals surface area contributed by atoms with Crippen LogP contribution < -0.4 is 5.32 Å². The van der Waals surface area contributed by atoms with Gasteiger partial charge in [-0.05, 0) is 26.3 Å². The van der Waals surface area contributed by atoms with E-state index < -0.39 is 0 Å². The summed E-state index contributed by atoms with van der Waals surface area (Å²) in [5.74, 6) is 0. The first-order valence-electron chi connectivity index (χ1n) is 6.12. The highest BCUT2D eigenvalue weighted by molar-refractivity contribution is 4.80. The van der Waals surface area contributed by atoms with Crippen LogP contribution in [0.15, 0.2) is 0 Å². The Hall–Kier alpha value is -0.160. The molecule has 0 aliphatic carbocycles. The Kier molecular flexibility index (Phi) is 5.69. The summed E-state index contributed by atoms with van der Waals surface area (Å²) in [7, 11) is 1.89. The Morgan fingerprint density at radius 1 is 1.50 bits per heavy atom. The van der Waals surface area contributed by atoms with E-state index in [0.717, 1.165) is 32.4 Å². The molecule has 2 unspecified atom stereocenters. The van der Waals surface area contributed by atoms with E-state index in [1.54, 1.807) is 0 Å². The molecule has 96 valence electrons. The highest BCUT2D eigenvalue weighted by Gasteiger charge is 2.32. The van der Waals surface area contributed by atoms with Gasteiger partial charge < -0.3 is 19.9 Å². The summed E-state index contributed by atoms with van der Waals surface area (Å²) >= 11 is 0. The average Bonchev–Trinajstić information content (AvgIpc) is 2.30. The van der Waals surface area contributed by atoms with Crippen LogP contribution in [0.2, 0.25) is 0 Å². The molecule has 16 heavy (non-hydrogen) atoms. The molecular formula is C12H25NO3. The van der Waals surface area contributed by atoms with Crippen LogP contribution in [0.3, 0.4) is 0 Å². The van der Waals surface area contributed by atoms with Crippen LogP contribution in [0.5, 0.6) is 0 Å². The fourth-order valence-corrected chi connectivity index (χ4v) is 1.80. The van der Waals surface area contributed by atoms with E-state index in [-0.39, 0.29) is 24.4 Å². The zero-order chi connectivity index (χ0) is 12.0. The van der Waals surface area contributed by atoms with E-state index in [9.17, 15) is 5.11 Å². The lowest BCUT2D eigenvalue weighted by molar-refractivity contribution is -0.211. The number of aliphatic hydroxyl groups is 1. The van der Waals surface area contributed by atoms with E-state index in [1.165, 1.54) is 0 Å². The van der Waals surface area contributed by atoms with Gasteiger partial charge in [0, 0.05) is 18.6 Å². The lowest BCUT2D eigenvalue weighted by Gasteiger charge is -2.36. The Balaban J connectivity index is 2.49. The lowest BCUT2D eigenvalue weighted by atomic mass is 9.87. The fraction of sp³-hybridized carbons (Fsp3) is 1.00. The van der Waals surface area contributed by atoms with Crippen molar-refractivity contribution in [2.45, 2.75) is 45.5 Å². The van der Waals surface area contributed by atoms with Crippen molar-refractivity contribution in [3.8, 4) is 0 Å². The second kappa shape index (κ2) is 6.55. The van der Waals surface area contributed by atoms with Crippen molar-refractivity contribution in [2.75, 3.05) is 26.8 Å². The zero-order valence-electron chi connectivity index (χ0n) is 10.7. The summed E-state index contributed by atoms with van der Waals surface area (Å²) in [5.41, 5.74) is -0.246. The third-order valence-corrected chi connectivity index (χ3v) is 3.12. The lowest BCUT2D eigenvalue weighted by Crippen LogP contribution is -2.44. The first-order valence-corrected chi connectivity index (χ1v) is 6.12. The van der Waals surface area contributed by atoms with Gasteiger partial charge in [0.1, 0.15) is 0 Å². The molecule has 4 heteroatoms. The molecule has 0 radical (unpaired) electrons. The van der Waals surface area contributed by atoms with E-state index >= 15 is 0 Å². The predicted molar refractivity (Wildman–Crippen MR) is 63.3 cm³/mol. The summed E-state index contributed by atoms with van der Waals surface area (Å²) < 4.78 is 11.5. The third kappa shape index (κ3) is 4.01. The van der Waals surface area contributed by atoms with Crippen LogP contribution in [-0.4, -0.2) is 44.3 Å². The smallest absolute Gasteiger partial charge is 0.158 e. The van der Waals surface area contributed by atoms with Crippen molar-refractivity contribution in [1.29, 1.82) is 0 Å². The van der Waals surface area contributed by atoms with Crippen molar-refractivity contribution >= 4 is 0 Å². The number of nitrogens with one attached hydrogen (secondary N) is 1. The molecule has 1 heterocycles. The van der Waals surface area contributed by atoms with E-state index in [4.69, 9.17) is 9.47 Å². The van der Waals surface area contributed by atoms with Crippen molar-refractivity contribution in [3.63, 3.8) is 0 Å². The van der Waals surface area contributed by atoms with Crippen LogP contribution in [0.4, 0.5) is 0 Å². The van der Waals surface area contributed by atoms with Crippen molar-refractivity contribution < 1.29 is 14.6 Å². The van der Waals surface area contributed by atoms with E-state index in [2.05, 4.69) is 5.32 Å². The first kappa shape index (κ1) is 13.9. The molecule has 0 aromatic heterocycles. The van der Waals surface area contributed by atoms with Gasteiger partial charge in [0.05, 0.1) is 12.7 Å². The Morgan fingerprint density at radius 3 is 2.75 bits per heavy atom. The van der Waals surface area contributed by atoms with Gasteiger partial charge in [-0.3, -0.25) is 0 Å². The minimum Gasteiger partial charge on any atom is -0.396 e. The second-order valence-corrected chi connectivity index (χ2v) is 5.13. The summed E-state index contributed by atoms with van der Waals surface area (Å²) in [5, 5.41) is 12.5. The molecule has 1 fully saturated rings. The number of rotatable bonds is 6. The standard InChI is InChI=1S/C12H25NO3/c1-12(2,9-14)10(8-13-3)16-11-6-4-5-7-15-11/h10-11,13-14H,4-9H2,1-3H3. The Morgan fingerprint density at radius 2 is 2.25 bits per heavy atom. The Bertz CT molecular complexity index is 191. The van der Waals surface area contributed by atoms with Gasteiger partial charge in [0.15, 0.2) is 6.29 Å². The molecule has 0 saturated carbocycles. The summed E-state index contributed by atoms with van der Waals surface area (Å²) in [6.45, 7) is 5.66. The first-order chi connectivity index (χ1) is 7.60. The maximum absolute atomic E-state index is 9.37. The Labute approximate surface area is 98.3 Å². The molecule has 0 bridgehead atoms. The molecule has 1 saturated heterocycles. The number of hydrogen-bond donors (Lipinski definition) is 2. The molecule has 4 nitrogen and oxygen atoms in total. The van der Waals surface area contributed by atoms with Crippen LogP contribution in [0.25, 0.3) is 0 Å². The van der Waals surface area contributed by atoms with Gasteiger partial charge in [0.2, 0.25) is 0 Å². The molecular weight excluding hydrogens is 206 g/mol. The van der Waals surface area contributed by atoms with Gasteiger partial charge in [0.25, 0.3) is 0 Å². The minimum atomic E-state index is -0.246. The van der Waals surface area contributed by atoms with E-state index in [0.29, 0.717) is 0 Å². The summed E-state index contributed by atoms with van der Waals surface area (Å²) in [6.07, 6.45) is 3.13. The molecule has 0 aromatic carbocycles. The van der Waals surface area contributed by atoms with Crippen LogP contribution >= 0.6 is 0 Å². The van der Waals surface area contributed by atoms with Crippen LogP contribution in [-0.2, 0) is 9.47 Å². The molecule has 0 aromatic rings. The molecule has 1 aliphatic heterocycles. The maximum Gasteiger partial charge on any atom is 0.158 e. The highest BCUT2D eigenvalue weighted by atomic mass is 16.7. The van der Waals surface area contributed by atoms with Crippen molar-refractivity contribution in [3.05, 3.63) is 0 Å². The predicted octanol–water partition coefficient (Wildman–Crippen LogP) is 1.14. The maximum atomic E-state index is 9.37. The molecule has 1 rings (SSSR count). The van der Waals surface area contributed by atoms with Crippen molar-refractivity contribution in [2.24, 2.45) is 5.41 Å². The zero-order valence-corrected chi connectivity index (χ0v) is 10.7. The monoisotopic (exact) mass is 231 g/mol. The number of hydrogen-bond acceptors (Lipinski definition) is 4. The van der Waals surface area contributed by atoms with Gasteiger partial charge in [-0.1, -0.05) is 13.8 Å². The highest BCUT2D eigenvalue weighted by Crippen LogP contribution is 2.26. The normalized spacial score (nSPS) is 24.4. The quantitative estimate of drug-likeness (QED) is 0.719. The van der Waals surface area contributed by atoms with Crippen LogP contribution in [0.1, 0.15) is 33.1 Å². The van der Waals surface area contributed by atoms with E-state index in [1.807, 2.05) is 20.9 Å². The number of ether oxygens (including phenoxy) is 2. The van der Waals surface area contributed by atoms with Gasteiger partial charge in [-0.2, -0.15) is 0 Å². The molecule has 1 aliphatic rings. The minimum absolute atomic E-state index is 0.0226. The van der Waals surface area contributed by atoms with Gasteiger partial charge in [-0.15, -0.1) is 0 Å². The molecule has 0 spiro atoms. The number of likely N-dealkylation sites (N-methyl/N-ethyl adjacent to an activating group) is 1. The largest absolute Gasteiger partial charge is 0.396 e. The molecule has 0 amide bonds. The molecule has 2 atom stereocenters. The molecule has 2 N–H and O–H groups in total. The van der Waals surface area contributed by atoms with Crippen LogP contribution in [0, 0.1) is 5.41 Å². The van der Waals surface area contributed by atoms with Crippen molar-refractivity contribution in [1.82, 2.24) is 5.32 Å². The topological polar surface area (TPSA) is 50.7 Å². The fourth-order valence-electron chi connectivity index (χ4n) is 1.80. The SMILES string of the molecule is CNCC(OC1CCCCO1)C(C)(C)CO. The number of aliphatic hydroxyl groups excluding tert-OH is 1. The third-order valence-electron chi connectivity index (χ3n) is 3.12. The summed E-state index contributed by atoms with van der Waals surface area (Å²) in [6, 6.07) is 0. The second-order valence-electron chi connectivity index (χ2n) is 5.13. The van der Waals surface area contributed by atoms with Gasteiger partial charge >= 0.3 is 0 Å². The van der Waals surface area contributed by atoms with Gasteiger partial charge in [-0.25, -0.2) is 0 Å². The average molecular weight is 231 g/mol.